The maximum atomic E-state index is 12.6. The number of carbonyl (C=O) groups is 2. The van der Waals surface area contributed by atoms with Gasteiger partial charge < -0.3 is 15.0 Å². The van der Waals surface area contributed by atoms with Crippen molar-refractivity contribution in [2.45, 2.75) is 32.0 Å². The molecule has 1 fully saturated rings. The molecular weight excluding hydrogens is 325 g/mol. The molecule has 0 bridgehead atoms. The normalized spacial score (nSPS) is 17.7. The molecular formula is C16H19F3N2O3. The Hall–Kier alpha value is -2.25. The number of alkyl halides is 3. The molecule has 0 unspecified atom stereocenters. The number of hydrogen-bond donors (Lipinski definition) is 1. The van der Waals surface area contributed by atoms with E-state index in [1.54, 1.807) is 24.3 Å². The Morgan fingerprint density at radius 1 is 1.38 bits per heavy atom. The third-order valence-corrected chi connectivity index (χ3v) is 3.67. The van der Waals surface area contributed by atoms with E-state index >= 15 is 0 Å². The molecule has 2 rings (SSSR count). The first-order valence-corrected chi connectivity index (χ1v) is 7.70. The van der Waals surface area contributed by atoms with Gasteiger partial charge in [-0.3, -0.25) is 9.59 Å². The van der Waals surface area contributed by atoms with E-state index in [1.165, 1.54) is 4.90 Å². The summed E-state index contributed by atoms with van der Waals surface area (Å²) in [6.07, 6.45) is -3.56. The van der Waals surface area contributed by atoms with Crippen LogP contribution in [0.3, 0.4) is 0 Å². The highest BCUT2D eigenvalue weighted by molar-refractivity contribution is 5.98. The lowest BCUT2D eigenvalue weighted by Gasteiger charge is -2.24. The van der Waals surface area contributed by atoms with Gasteiger partial charge in [0.1, 0.15) is 18.3 Å². The lowest BCUT2D eigenvalue weighted by molar-refractivity contribution is -0.140. The van der Waals surface area contributed by atoms with Gasteiger partial charge in [-0.2, -0.15) is 13.2 Å². The molecule has 0 spiro atoms. The fourth-order valence-electron chi connectivity index (χ4n) is 2.64. The number of halogens is 3. The zero-order valence-corrected chi connectivity index (χ0v) is 13.2. The third-order valence-electron chi connectivity index (χ3n) is 3.67. The molecule has 0 saturated carbocycles. The van der Waals surface area contributed by atoms with Crippen molar-refractivity contribution in [3.05, 3.63) is 29.8 Å². The fraction of sp³-hybridized carbons (Fsp3) is 0.500. The Bertz CT molecular complexity index is 604. The van der Waals surface area contributed by atoms with Crippen LogP contribution in [0.1, 0.15) is 30.1 Å². The van der Waals surface area contributed by atoms with Gasteiger partial charge in [0.05, 0.1) is 6.61 Å². The fourth-order valence-corrected chi connectivity index (χ4v) is 2.64. The van der Waals surface area contributed by atoms with Crippen molar-refractivity contribution in [1.29, 1.82) is 0 Å². The van der Waals surface area contributed by atoms with Crippen molar-refractivity contribution in [1.82, 2.24) is 10.2 Å². The average Bonchev–Trinajstić information content (AvgIpc) is 3.01. The second-order valence-corrected chi connectivity index (χ2v) is 5.45. The topological polar surface area (TPSA) is 58.6 Å². The molecule has 132 valence electrons. The van der Waals surface area contributed by atoms with Crippen LogP contribution < -0.4 is 10.1 Å². The van der Waals surface area contributed by atoms with Crippen LogP contribution in [0.15, 0.2) is 24.3 Å². The summed E-state index contributed by atoms with van der Waals surface area (Å²) >= 11 is 0. The van der Waals surface area contributed by atoms with Crippen LogP contribution >= 0.6 is 0 Å². The Balaban J connectivity index is 2.07. The van der Waals surface area contributed by atoms with Crippen molar-refractivity contribution >= 4 is 11.8 Å². The minimum Gasteiger partial charge on any atom is -0.494 e. The van der Waals surface area contributed by atoms with Crippen molar-refractivity contribution in [3.8, 4) is 5.75 Å². The largest absolute Gasteiger partial charge is 0.494 e. The smallest absolute Gasteiger partial charge is 0.405 e. The molecule has 5 nitrogen and oxygen atoms in total. The van der Waals surface area contributed by atoms with E-state index in [-0.39, 0.29) is 5.91 Å². The molecule has 1 N–H and O–H groups in total. The second kappa shape index (κ2) is 7.55. The predicted octanol–water partition coefficient (Wildman–Crippen LogP) is 2.37. The molecule has 1 saturated heterocycles. The monoisotopic (exact) mass is 344 g/mol. The van der Waals surface area contributed by atoms with Crippen LogP contribution in [0.25, 0.3) is 0 Å². The van der Waals surface area contributed by atoms with Gasteiger partial charge in [-0.05, 0) is 38.0 Å². The summed E-state index contributed by atoms with van der Waals surface area (Å²) in [7, 11) is 0. The summed E-state index contributed by atoms with van der Waals surface area (Å²) in [5.41, 5.74) is 0.344. The molecule has 1 aromatic rings. The van der Waals surface area contributed by atoms with Gasteiger partial charge in [0.2, 0.25) is 5.91 Å². The Kier molecular flexibility index (Phi) is 5.69. The lowest BCUT2D eigenvalue weighted by atomic mass is 10.1. The zero-order valence-electron chi connectivity index (χ0n) is 13.2. The van der Waals surface area contributed by atoms with Gasteiger partial charge >= 0.3 is 6.18 Å². The third kappa shape index (κ3) is 4.62. The molecule has 0 radical (unpaired) electrons. The van der Waals surface area contributed by atoms with Gasteiger partial charge in [-0.1, -0.05) is 6.07 Å². The number of amides is 2. The quantitative estimate of drug-likeness (QED) is 0.892. The molecule has 2 amide bonds. The number of carbonyl (C=O) groups excluding carboxylic acids is 2. The summed E-state index contributed by atoms with van der Waals surface area (Å²) in [4.78, 5) is 25.9. The minimum absolute atomic E-state index is 0.335. The summed E-state index contributed by atoms with van der Waals surface area (Å²) in [5, 5.41) is 1.85. The Morgan fingerprint density at radius 3 is 2.79 bits per heavy atom. The SMILES string of the molecule is CCOc1cccc(C(=O)N2CCC[C@H]2C(=O)NCC(F)(F)F)c1. The lowest BCUT2D eigenvalue weighted by Crippen LogP contribution is -2.48. The summed E-state index contributed by atoms with van der Waals surface area (Å²) in [5.74, 6) is -0.638. The van der Waals surface area contributed by atoms with Gasteiger partial charge in [0, 0.05) is 12.1 Å². The van der Waals surface area contributed by atoms with E-state index in [1.807, 2.05) is 12.2 Å². The van der Waals surface area contributed by atoms with Crippen LogP contribution in [0.4, 0.5) is 13.2 Å². The van der Waals surface area contributed by atoms with Crippen LogP contribution in [0.5, 0.6) is 5.75 Å². The molecule has 0 aromatic heterocycles. The van der Waals surface area contributed by atoms with E-state index in [2.05, 4.69) is 0 Å². The van der Waals surface area contributed by atoms with Crippen molar-refractivity contribution in [2.75, 3.05) is 19.7 Å². The number of hydrogen-bond acceptors (Lipinski definition) is 3. The standard InChI is InChI=1S/C16H19F3N2O3/c1-2-24-12-6-3-5-11(9-12)15(23)21-8-4-7-13(21)14(22)20-10-16(17,18)19/h3,5-6,9,13H,2,4,7-8,10H2,1H3,(H,20,22)/t13-/m0/s1. The molecule has 0 aliphatic carbocycles. The van der Waals surface area contributed by atoms with Crippen molar-refractivity contribution in [2.24, 2.45) is 0 Å². The summed E-state index contributed by atoms with van der Waals surface area (Å²) in [6.45, 7) is 1.20. The van der Waals surface area contributed by atoms with Crippen molar-refractivity contribution < 1.29 is 27.5 Å². The number of nitrogens with zero attached hydrogens (tertiary/aromatic N) is 1. The van der Waals surface area contributed by atoms with Crippen LogP contribution in [-0.4, -0.2) is 48.6 Å². The average molecular weight is 344 g/mol. The highest BCUT2D eigenvalue weighted by atomic mass is 19.4. The summed E-state index contributed by atoms with van der Waals surface area (Å²) in [6, 6.07) is 5.64. The minimum atomic E-state index is -4.48. The number of rotatable bonds is 5. The number of ether oxygens (including phenoxy) is 1. The highest BCUT2D eigenvalue weighted by Crippen LogP contribution is 2.23. The van der Waals surface area contributed by atoms with E-state index in [4.69, 9.17) is 4.74 Å². The molecule has 1 heterocycles. The van der Waals surface area contributed by atoms with Crippen molar-refractivity contribution in [3.63, 3.8) is 0 Å². The van der Waals surface area contributed by atoms with Crippen LogP contribution in [0, 0.1) is 0 Å². The van der Waals surface area contributed by atoms with Gasteiger partial charge in [0.25, 0.3) is 5.91 Å². The second-order valence-electron chi connectivity index (χ2n) is 5.45. The Morgan fingerprint density at radius 2 is 2.12 bits per heavy atom. The molecule has 24 heavy (non-hydrogen) atoms. The van der Waals surface area contributed by atoms with Gasteiger partial charge in [-0.25, -0.2) is 0 Å². The Labute approximate surface area is 137 Å². The van der Waals surface area contributed by atoms with Gasteiger partial charge in [0.15, 0.2) is 0 Å². The highest BCUT2D eigenvalue weighted by Gasteiger charge is 2.36. The molecule has 8 heteroatoms. The zero-order chi connectivity index (χ0) is 17.7. The molecule has 1 aliphatic rings. The summed E-state index contributed by atoms with van der Waals surface area (Å²) < 4.78 is 42.0. The van der Waals surface area contributed by atoms with E-state index in [0.29, 0.717) is 37.3 Å². The number of benzene rings is 1. The first-order chi connectivity index (χ1) is 11.3. The first-order valence-electron chi connectivity index (χ1n) is 7.70. The first kappa shape index (κ1) is 18.1. The number of nitrogens with one attached hydrogen (secondary N) is 1. The maximum absolute atomic E-state index is 12.6. The van der Waals surface area contributed by atoms with Crippen LogP contribution in [-0.2, 0) is 4.79 Å². The number of likely N-dealkylation sites (tertiary alicyclic amines) is 1. The molecule has 1 aromatic carbocycles. The van der Waals surface area contributed by atoms with E-state index < -0.39 is 24.7 Å². The van der Waals surface area contributed by atoms with E-state index in [0.717, 1.165) is 0 Å². The maximum Gasteiger partial charge on any atom is 0.405 e. The molecule has 1 aliphatic heterocycles. The van der Waals surface area contributed by atoms with Gasteiger partial charge in [-0.15, -0.1) is 0 Å². The van der Waals surface area contributed by atoms with Crippen LogP contribution in [0.2, 0.25) is 0 Å². The van der Waals surface area contributed by atoms with E-state index in [9.17, 15) is 22.8 Å². The molecule has 1 atom stereocenters. The predicted molar refractivity (Wildman–Crippen MR) is 80.7 cm³/mol.